The Kier molecular flexibility index (Phi) is 39.8. The minimum absolute atomic E-state index is 0. The fraction of sp³-hybridized carbons (Fsp3) is 0.431. The summed E-state index contributed by atoms with van der Waals surface area (Å²) in [5.41, 5.74) is 19.0. The van der Waals surface area contributed by atoms with E-state index in [0.717, 1.165) is 162 Å². The third-order valence-corrected chi connectivity index (χ3v) is 24.6. The number of pyridine rings is 3. The SMILES string of the molecule is CC(I)(I)I.CC1=Nc2c(ccc[n+]2CCCCCC(=O)O)C1(C)C.CCCCCN1C=CC=c2c1ccc1c2=NC(=CC=C2CN(C)CC(C=CC3=Nc4c(ccc[n+]4CCCCCC(=O)O)C3(C)C)=C2Cl)C1(C)C.CCCCC[n+]1cccc2c3c(ccc21)C(C)(C)C(C)=N3.CCO.CN1CC(C=Nc2ccccc2)=C(Cl)/C(=C/Nc2ccccc2)C1.Cl. The van der Waals surface area contributed by atoms with Gasteiger partial charge in [-0.25, -0.2) is 9.13 Å². The van der Waals surface area contributed by atoms with Crippen molar-refractivity contribution in [2.75, 3.05) is 63.6 Å². The number of hydrogen-bond acceptors (Lipinski definition) is 12. The van der Waals surface area contributed by atoms with Crippen molar-refractivity contribution in [1.82, 2.24) is 9.80 Å². The summed E-state index contributed by atoms with van der Waals surface area (Å²) in [6.07, 6.45) is 38.4. The number of aliphatic hydroxyl groups excluding tert-OH is 1. The molecule has 4 aromatic carbocycles. The quantitative estimate of drug-likeness (QED) is 0.0128. The third-order valence-electron chi connectivity index (χ3n) is 23.6. The summed E-state index contributed by atoms with van der Waals surface area (Å²) in [6.45, 7) is 37.6. The second-order valence-electron chi connectivity index (χ2n) is 34.9. The molecule has 0 amide bonds. The van der Waals surface area contributed by atoms with Crippen LogP contribution in [0.5, 0.6) is 0 Å². The molecule has 668 valence electrons. The Morgan fingerprint density at radius 3 is 1.70 bits per heavy atom. The average Bonchev–Trinajstić information content (AvgIpc) is 1.62. The number of para-hydroxylation sites is 2. The zero-order valence-electron chi connectivity index (χ0n) is 76.1. The topological polar surface area (TPSA) is 190 Å². The Morgan fingerprint density at radius 2 is 1.09 bits per heavy atom. The van der Waals surface area contributed by atoms with Crippen molar-refractivity contribution in [2.45, 2.75) is 228 Å². The fourth-order valence-corrected chi connectivity index (χ4v) is 16.4. The molecule has 7 aliphatic rings. The summed E-state index contributed by atoms with van der Waals surface area (Å²) in [4.78, 5) is 52.8. The van der Waals surface area contributed by atoms with Gasteiger partial charge >= 0.3 is 23.6 Å². The van der Waals surface area contributed by atoms with Crippen LogP contribution in [0.2, 0.25) is 0 Å². The number of fused-ring (bicyclic) bond motifs is 8. The largest absolute Gasteiger partial charge is 0.481 e. The Morgan fingerprint density at radius 1 is 0.568 bits per heavy atom. The number of aromatic nitrogens is 3. The molecule has 7 aromatic rings. The lowest BCUT2D eigenvalue weighted by Crippen LogP contribution is -2.37. The average molecular weight is 2090 g/mol. The second-order valence-corrected chi connectivity index (χ2v) is 48.3. The molecule has 0 fully saturated rings. The molecule has 14 rings (SSSR count). The highest BCUT2D eigenvalue weighted by Gasteiger charge is 2.43. The Labute approximate surface area is 800 Å². The number of unbranched alkanes of at least 4 members (excludes halogenated alkanes) is 8. The first kappa shape index (κ1) is 103. The summed E-state index contributed by atoms with van der Waals surface area (Å²) in [5.74, 6) is 0.605. The van der Waals surface area contributed by atoms with Crippen LogP contribution >= 0.6 is 103 Å². The van der Waals surface area contributed by atoms with Crippen molar-refractivity contribution in [3.05, 3.63) is 254 Å². The molecule has 0 unspecified atom stereocenters. The number of aliphatic carboxylic acids is 2. The minimum atomic E-state index is -0.733. The summed E-state index contributed by atoms with van der Waals surface area (Å²) >= 11 is 20.8. The molecule has 17 nitrogen and oxygen atoms in total. The number of aryl methyl sites for hydroxylation is 3. The first-order chi connectivity index (χ1) is 59.0. The third kappa shape index (κ3) is 28.3. The zero-order valence-corrected chi connectivity index (χ0v) is 84.9. The van der Waals surface area contributed by atoms with Crippen LogP contribution < -0.4 is 34.5 Å². The molecule has 0 radical (unpaired) electrons. The molecule has 3 aromatic heterocycles. The van der Waals surface area contributed by atoms with Gasteiger partial charge in [-0.2, -0.15) is 4.57 Å². The number of carboxylic acids is 2. The number of carboxylic acid groups (broad SMARTS) is 2. The molecule has 4 N–H and O–H groups in total. The molecule has 125 heavy (non-hydrogen) atoms. The van der Waals surface area contributed by atoms with Crippen molar-refractivity contribution in [1.29, 1.82) is 0 Å². The Bertz CT molecular complexity index is 5400. The molecule has 0 atom stereocenters. The van der Waals surface area contributed by atoms with Crippen LogP contribution in [0.15, 0.2) is 246 Å². The molecular weight excluding hydrogens is 1960 g/mol. The highest BCUT2D eigenvalue weighted by Crippen LogP contribution is 2.45. The number of aliphatic hydroxyl groups is 1. The highest BCUT2D eigenvalue weighted by atomic mass is 127. The fourth-order valence-electron chi connectivity index (χ4n) is 15.9. The van der Waals surface area contributed by atoms with E-state index < -0.39 is 11.9 Å². The van der Waals surface area contributed by atoms with E-state index in [2.05, 4.69) is 332 Å². The lowest BCUT2D eigenvalue weighted by molar-refractivity contribution is -0.685. The number of likely N-dealkylation sites (N-methyl/N-ethyl adjacent to an activating group) is 2. The van der Waals surface area contributed by atoms with Gasteiger partial charge in [-0.05, 0) is 244 Å². The number of carbonyl (C=O) groups is 2. The van der Waals surface area contributed by atoms with Crippen LogP contribution in [0.25, 0.3) is 17.0 Å². The highest BCUT2D eigenvalue weighted by molar-refractivity contribution is 14.3. The van der Waals surface area contributed by atoms with E-state index in [1.165, 1.54) is 94.0 Å². The van der Waals surface area contributed by atoms with Gasteiger partial charge in [0.15, 0.2) is 11.9 Å². The summed E-state index contributed by atoms with van der Waals surface area (Å²) in [6, 6.07) is 41.9. The van der Waals surface area contributed by atoms with E-state index in [1.807, 2.05) is 73.1 Å². The van der Waals surface area contributed by atoms with Crippen LogP contribution in [0, 0.1) is 0 Å². The molecule has 23 heteroatoms. The zero-order chi connectivity index (χ0) is 90.1. The molecule has 0 saturated heterocycles. The number of rotatable bonds is 27. The van der Waals surface area contributed by atoms with Gasteiger partial charge in [0, 0.05) is 133 Å². The van der Waals surface area contributed by atoms with E-state index >= 15 is 0 Å². The predicted molar refractivity (Wildman–Crippen MR) is 551 cm³/mol. The monoisotopic (exact) mass is 2090 g/mol. The number of alkyl halides is 3. The number of anilines is 2. The summed E-state index contributed by atoms with van der Waals surface area (Å²) < 4.78 is 7.18. The maximum absolute atomic E-state index is 10.9. The normalized spacial score (nSPS) is 17.6. The van der Waals surface area contributed by atoms with Crippen molar-refractivity contribution in [3.8, 4) is 0 Å². The summed E-state index contributed by atoms with van der Waals surface area (Å²) in [5, 5.41) is 33.6. The molecule has 0 bridgehead atoms. The van der Waals surface area contributed by atoms with Gasteiger partial charge in [0.05, 0.1) is 86.0 Å². The van der Waals surface area contributed by atoms with Crippen LogP contribution in [-0.4, -0.2) is 113 Å². The minimum Gasteiger partial charge on any atom is -0.481 e. The molecule has 0 aliphatic carbocycles. The number of halogens is 6. The molecule has 0 saturated carbocycles. The van der Waals surface area contributed by atoms with E-state index in [0.29, 0.717) is 5.86 Å². The van der Waals surface area contributed by atoms with Gasteiger partial charge in [0.1, 0.15) is 11.7 Å². The van der Waals surface area contributed by atoms with Crippen LogP contribution in [0.3, 0.4) is 0 Å². The van der Waals surface area contributed by atoms with Crippen molar-refractivity contribution >= 4 is 190 Å². The van der Waals surface area contributed by atoms with Crippen LogP contribution in [0.4, 0.5) is 34.4 Å². The maximum Gasteiger partial charge on any atom is 0.327 e. The number of hydrogen-bond donors (Lipinski definition) is 4. The van der Waals surface area contributed by atoms with Crippen molar-refractivity contribution < 1.29 is 38.6 Å². The second kappa shape index (κ2) is 48.3. The number of benzene rings is 4. The molecule has 0 spiro atoms. The van der Waals surface area contributed by atoms with E-state index in [4.69, 9.17) is 58.5 Å². The van der Waals surface area contributed by atoms with Crippen LogP contribution in [-0.2, 0) is 50.9 Å². The molecule has 7 aliphatic heterocycles. The van der Waals surface area contributed by atoms with Gasteiger partial charge < -0.3 is 25.5 Å². The van der Waals surface area contributed by atoms with E-state index in [9.17, 15) is 9.59 Å². The Hall–Kier alpha value is -7.40. The van der Waals surface area contributed by atoms with Crippen molar-refractivity contribution in [2.24, 2.45) is 25.0 Å². The van der Waals surface area contributed by atoms with Crippen molar-refractivity contribution in [3.63, 3.8) is 0 Å². The van der Waals surface area contributed by atoms with Gasteiger partial charge in [-0.1, -0.05) is 206 Å². The first-order valence-electron chi connectivity index (χ1n) is 43.9. The standard InChI is InChI=1S/C43H52ClN5O2.C20H20ClN3.C19H25N2.C16H22N2O2.C2H3I3.C2H6O.ClH/c1-7-8-11-24-48-26-13-15-32-35(48)21-20-33-40(32)45-36(42(33,2)3)22-18-30-28-47(6)29-31(39(30)44)19-23-37-43(4,5)34-16-14-27-49(41(34)46-37)25-12-9-10-17-38(50)51;1-24-14-16(12-22-18-8-4-2-5-9-18)20(21)17(15-24)13-23-19-10-6-3-7-11-19;1-5-6-7-12-21-13-8-9-15-17(21)11-10-16-18(15)20-14(2)19(16,3)4;1-12-16(2,3)13-8-7-11-18(15(13)17-12)10-6-4-5-9-14(19)20;1-2(3,4)5;1-2-3;/h13-16,18-23,26-27H,7-12,17,24-25,28-29H2,1-6H3;2-13,22H,14-15H2,1H3;8-11,13H,5-7,12H2,1-4H3;7-8,11H,4-6,9-10H2,1-3H3;1H3;3H,2H2,1H3;1H/q;;+1;;;;/p+2/b;16-12+,23-13?;;;;;. The molecule has 10 heterocycles. The summed E-state index contributed by atoms with van der Waals surface area (Å²) in [7, 11) is 4.21. The Balaban J connectivity index is 0.000000218. The lowest BCUT2D eigenvalue weighted by Gasteiger charge is -2.26. The van der Waals surface area contributed by atoms with Gasteiger partial charge in [0.2, 0.25) is 5.52 Å². The van der Waals surface area contributed by atoms with Crippen LogP contribution in [0.1, 0.15) is 209 Å². The molecular formula is C102H131Cl3I3N12O5+3. The van der Waals surface area contributed by atoms with Gasteiger partial charge in [-0.15, -0.1) is 12.4 Å². The number of nitrogens with zero attached hydrogens (tertiary/aromatic N) is 11. The smallest absolute Gasteiger partial charge is 0.327 e. The van der Waals surface area contributed by atoms with E-state index in [1.54, 1.807) is 6.92 Å². The lowest BCUT2D eigenvalue weighted by atomic mass is 9.82. The van der Waals surface area contributed by atoms with E-state index in [-0.39, 0.29) is 53.5 Å². The number of nitrogens with one attached hydrogen (secondary N) is 1. The van der Waals surface area contributed by atoms with Gasteiger partial charge in [-0.3, -0.25) is 34.4 Å². The first-order valence-corrected chi connectivity index (χ1v) is 47.9. The number of allylic oxidation sites excluding steroid dienone is 5. The maximum atomic E-state index is 10.9. The number of aliphatic imine (C=N–C) groups is 4. The van der Waals surface area contributed by atoms with Gasteiger partial charge in [0.25, 0.3) is 0 Å². The predicted octanol–water partition coefficient (Wildman–Crippen LogP) is 23.6.